The molecule has 0 spiro atoms. The van der Waals surface area contributed by atoms with Crippen LogP contribution in [0, 0.1) is 25.2 Å². The Kier molecular flexibility index (Phi) is 4.33. The van der Waals surface area contributed by atoms with Crippen LogP contribution in [-0.2, 0) is 11.2 Å². The summed E-state index contributed by atoms with van der Waals surface area (Å²) in [5.41, 5.74) is 3.62. The van der Waals surface area contributed by atoms with E-state index in [0.717, 1.165) is 16.5 Å². The molecule has 0 radical (unpaired) electrons. The predicted molar refractivity (Wildman–Crippen MR) is 102 cm³/mol. The molecule has 0 aliphatic carbocycles. The minimum absolute atomic E-state index is 0.00771. The first-order chi connectivity index (χ1) is 13.6. The highest BCUT2D eigenvalue weighted by Crippen LogP contribution is 2.24. The standard InChI is InChI=1S/C20H16N6O2/c1-12-7-15-16(25-28-17(15)8-13(12)2)9-19(27)24-20-14(10-21)11-23-26(20)18-5-3-4-6-22-18/h3-8,11H,9H2,1-2H3,(H,24,27). The fourth-order valence-electron chi connectivity index (χ4n) is 2.90. The molecule has 1 N–H and O–H groups in total. The highest BCUT2D eigenvalue weighted by atomic mass is 16.5. The summed E-state index contributed by atoms with van der Waals surface area (Å²) in [6.07, 6.45) is 3.01. The van der Waals surface area contributed by atoms with Crippen molar-refractivity contribution in [2.75, 3.05) is 5.32 Å². The van der Waals surface area contributed by atoms with Crippen molar-refractivity contribution < 1.29 is 9.32 Å². The third-order valence-corrected chi connectivity index (χ3v) is 4.50. The zero-order chi connectivity index (χ0) is 19.7. The molecule has 0 atom stereocenters. The molecule has 4 aromatic rings. The Morgan fingerprint density at radius 2 is 2.11 bits per heavy atom. The van der Waals surface area contributed by atoms with Gasteiger partial charge >= 0.3 is 0 Å². The summed E-state index contributed by atoms with van der Waals surface area (Å²) in [7, 11) is 0. The zero-order valence-corrected chi connectivity index (χ0v) is 15.3. The van der Waals surface area contributed by atoms with Gasteiger partial charge in [-0.25, -0.2) is 4.98 Å². The highest BCUT2D eigenvalue weighted by Gasteiger charge is 2.18. The number of aromatic nitrogens is 4. The van der Waals surface area contributed by atoms with E-state index in [1.54, 1.807) is 24.4 Å². The molecule has 0 unspecified atom stereocenters. The number of hydrogen-bond donors (Lipinski definition) is 1. The van der Waals surface area contributed by atoms with Gasteiger partial charge in [-0.3, -0.25) is 4.79 Å². The van der Waals surface area contributed by atoms with Gasteiger partial charge in [-0.15, -0.1) is 0 Å². The van der Waals surface area contributed by atoms with Crippen LogP contribution in [0.3, 0.4) is 0 Å². The second-order valence-corrected chi connectivity index (χ2v) is 6.41. The van der Waals surface area contributed by atoms with Crippen molar-refractivity contribution >= 4 is 22.7 Å². The van der Waals surface area contributed by atoms with Crippen LogP contribution in [0.15, 0.2) is 47.2 Å². The fraction of sp³-hybridized carbons (Fsp3) is 0.150. The van der Waals surface area contributed by atoms with Crippen LogP contribution in [0.1, 0.15) is 22.4 Å². The summed E-state index contributed by atoms with van der Waals surface area (Å²) in [5, 5.41) is 21.1. The van der Waals surface area contributed by atoms with E-state index in [1.807, 2.05) is 32.0 Å². The number of pyridine rings is 1. The summed E-state index contributed by atoms with van der Waals surface area (Å²) >= 11 is 0. The van der Waals surface area contributed by atoms with Crippen molar-refractivity contribution in [3.8, 4) is 11.9 Å². The minimum Gasteiger partial charge on any atom is -0.356 e. The first kappa shape index (κ1) is 17.4. The number of benzene rings is 1. The number of amides is 1. The van der Waals surface area contributed by atoms with E-state index in [1.165, 1.54) is 10.9 Å². The Hall–Kier alpha value is -3.99. The Balaban J connectivity index is 1.62. The monoisotopic (exact) mass is 372 g/mol. The van der Waals surface area contributed by atoms with Crippen LogP contribution in [0.25, 0.3) is 16.8 Å². The SMILES string of the molecule is Cc1cc2onc(CC(=O)Nc3c(C#N)cnn3-c3ccccn3)c2cc1C. The molecule has 3 aromatic heterocycles. The van der Waals surface area contributed by atoms with Gasteiger partial charge < -0.3 is 9.84 Å². The van der Waals surface area contributed by atoms with Crippen LogP contribution >= 0.6 is 0 Å². The van der Waals surface area contributed by atoms with E-state index in [2.05, 4.69) is 20.6 Å². The number of carbonyl (C=O) groups excluding carboxylic acids is 1. The summed E-state index contributed by atoms with van der Waals surface area (Å²) < 4.78 is 6.77. The molecule has 0 fully saturated rings. The number of carbonyl (C=O) groups is 1. The molecule has 138 valence electrons. The van der Waals surface area contributed by atoms with Gasteiger partial charge in [0.15, 0.2) is 17.2 Å². The second-order valence-electron chi connectivity index (χ2n) is 6.41. The number of fused-ring (bicyclic) bond motifs is 1. The molecule has 4 rings (SSSR count). The van der Waals surface area contributed by atoms with Crippen LogP contribution < -0.4 is 5.32 Å². The van der Waals surface area contributed by atoms with Gasteiger partial charge in [-0.1, -0.05) is 11.2 Å². The number of nitriles is 1. The third kappa shape index (κ3) is 3.10. The largest absolute Gasteiger partial charge is 0.356 e. The van der Waals surface area contributed by atoms with Gasteiger partial charge in [0.25, 0.3) is 0 Å². The third-order valence-electron chi connectivity index (χ3n) is 4.50. The maximum absolute atomic E-state index is 12.7. The minimum atomic E-state index is -0.331. The van der Waals surface area contributed by atoms with Crippen LogP contribution in [0.5, 0.6) is 0 Å². The predicted octanol–water partition coefficient (Wildman–Crippen LogP) is 3.08. The van der Waals surface area contributed by atoms with Crippen LogP contribution in [-0.4, -0.2) is 25.8 Å². The van der Waals surface area contributed by atoms with Crippen molar-refractivity contribution in [2.24, 2.45) is 0 Å². The van der Waals surface area contributed by atoms with E-state index in [-0.39, 0.29) is 23.7 Å². The lowest BCUT2D eigenvalue weighted by molar-refractivity contribution is -0.115. The van der Waals surface area contributed by atoms with E-state index >= 15 is 0 Å². The number of nitrogens with zero attached hydrogens (tertiary/aromatic N) is 5. The van der Waals surface area contributed by atoms with Crippen molar-refractivity contribution in [1.29, 1.82) is 5.26 Å². The molecule has 3 heterocycles. The maximum Gasteiger partial charge on any atom is 0.231 e. The van der Waals surface area contributed by atoms with Gasteiger partial charge in [0.1, 0.15) is 17.3 Å². The maximum atomic E-state index is 12.7. The smallest absolute Gasteiger partial charge is 0.231 e. The van der Waals surface area contributed by atoms with E-state index < -0.39 is 0 Å². The van der Waals surface area contributed by atoms with Gasteiger partial charge in [0.05, 0.1) is 12.6 Å². The first-order valence-electron chi connectivity index (χ1n) is 8.61. The molecule has 28 heavy (non-hydrogen) atoms. The first-order valence-corrected chi connectivity index (χ1v) is 8.61. The van der Waals surface area contributed by atoms with Gasteiger partial charge in [0, 0.05) is 11.6 Å². The topological polar surface area (TPSA) is 110 Å². The number of nitrogens with one attached hydrogen (secondary N) is 1. The molecule has 1 aromatic carbocycles. The van der Waals surface area contributed by atoms with Crippen LogP contribution in [0.4, 0.5) is 5.82 Å². The molecule has 8 heteroatoms. The second kappa shape index (κ2) is 6.96. The molecule has 0 aliphatic rings. The van der Waals surface area contributed by atoms with Gasteiger partial charge in [-0.2, -0.15) is 15.0 Å². The van der Waals surface area contributed by atoms with Gasteiger partial charge in [-0.05, 0) is 49.2 Å². The zero-order valence-electron chi connectivity index (χ0n) is 15.3. The molecule has 1 amide bonds. The average molecular weight is 372 g/mol. The molecule has 0 saturated heterocycles. The lowest BCUT2D eigenvalue weighted by Gasteiger charge is -2.08. The summed E-state index contributed by atoms with van der Waals surface area (Å²) in [5.74, 6) is 0.436. The van der Waals surface area contributed by atoms with Crippen LogP contribution in [0.2, 0.25) is 0 Å². The molecule has 8 nitrogen and oxygen atoms in total. The fourth-order valence-corrected chi connectivity index (χ4v) is 2.90. The Morgan fingerprint density at radius 3 is 2.86 bits per heavy atom. The number of anilines is 1. The quantitative estimate of drug-likeness (QED) is 0.589. The normalized spacial score (nSPS) is 10.8. The molecule has 0 aliphatic heterocycles. The number of aryl methyl sites for hydroxylation is 2. The summed E-state index contributed by atoms with van der Waals surface area (Å²) in [4.78, 5) is 16.9. The lowest BCUT2D eigenvalue weighted by atomic mass is 10.1. The number of rotatable bonds is 4. The molecular formula is C20H16N6O2. The molecular weight excluding hydrogens is 356 g/mol. The molecule has 0 saturated carbocycles. The van der Waals surface area contributed by atoms with E-state index in [4.69, 9.17) is 4.52 Å². The van der Waals surface area contributed by atoms with E-state index in [0.29, 0.717) is 17.1 Å². The summed E-state index contributed by atoms with van der Waals surface area (Å²) in [6, 6.07) is 11.2. The van der Waals surface area contributed by atoms with Crippen molar-refractivity contribution in [3.63, 3.8) is 0 Å². The van der Waals surface area contributed by atoms with E-state index in [9.17, 15) is 10.1 Å². The Labute approximate surface area is 160 Å². The summed E-state index contributed by atoms with van der Waals surface area (Å²) in [6.45, 7) is 3.99. The average Bonchev–Trinajstić information content (AvgIpc) is 3.27. The number of hydrogen-bond acceptors (Lipinski definition) is 6. The highest BCUT2D eigenvalue weighted by molar-refractivity contribution is 5.95. The lowest BCUT2D eigenvalue weighted by Crippen LogP contribution is -2.18. The Bertz CT molecular complexity index is 1220. The van der Waals surface area contributed by atoms with Crippen molar-refractivity contribution in [3.05, 3.63) is 65.1 Å². The Morgan fingerprint density at radius 1 is 1.29 bits per heavy atom. The van der Waals surface area contributed by atoms with Crippen molar-refractivity contribution in [1.82, 2.24) is 19.9 Å². The van der Waals surface area contributed by atoms with Crippen molar-refractivity contribution in [2.45, 2.75) is 20.3 Å². The molecule has 0 bridgehead atoms. The van der Waals surface area contributed by atoms with Gasteiger partial charge in [0.2, 0.25) is 5.91 Å².